The van der Waals surface area contributed by atoms with E-state index in [2.05, 4.69) is 64.6 Å². The topological polar surface area (TPSA) is 15.3 Å². The summed E-state index contributed by atoms with van der Waals surface area (Å²) in [6.07, 6.45) is 2.16. The summed E-state index contributed by atoms with van der Waals surface area (Å²) < 4.78 is 1.21. The molecule has 102 valence electrons. The molecular weight excluding hydrogens is 308 g/mol. The Morgan fingerprint density at radius 3 is 2.72 bits per heavy atom. The number of benzene rings is 1. The largest absolute Gasteiger partial charge is 0.316 e. The highest BCUT2D eigenvalue weighted by Gasteiger charge is 2.10. The number of hydrogen-bond acceptors (Lipinski definition) is 3. The van der Waals surface area contributed by atoms with E-state index in [0.29, 0.717) is 6.04 Å². The molecule has 0 radical (unpaired) electrons. The van der Waals surface area contributed by atoms with Crippen molar-refractivity contribution in [1.29, 1.82) is 0 Å². The highest BCUT2D eigenvalue weighted by atomic mass is 79.9. The zero-order valence-corrected chi connectivity index (χ0v) is 14.1. The first kappa shape index (κ1) is 16.0. The Bertz CT molecular complexity index is 371. The summed E-state index contributed by atoms with van der Waals surface area (Å²) in [5.74, 6) is 1.17. The van der Waals surface area contributed by atoms with E-state index in [4.69, 9.17) is 0 Å². The highest BCUT2D eigenvalue weighted by Crippen LogP contribution is 2.21. The maximum Gasteiger partial charge on any atom is 0.0245 e. The van der Waals surface area contributed by atoms with E-state index in [1.54, 1.807) is 0 Å². The predicted molar refractivity (Wildman–Crippen MR) is 86.2 cm³/mol. The van der Waals surface area contributed by atoms with Crippen molar-refractivity contribution < 1.29 is 0 Å². The van der Waals surface area contributed by atoms with E-state index in [9.17, 15) is 0 Å². The fourth-order valence-corrected chi connectivity index (χ4v) is 3.11. The number of rotatable bonds is 7. The molecule has 0 aromatic heterocycles. The molecule has 2 nitrogen and oxygen atoms in total. The van der Waals surface area contributed by atoms with Gasteiger partial charge >= 0.3 is 0 Å². The molecule has 1 N–H and O–H groups in total. The fourth-order valence-electron chi connectivity index (χ4n) is 1.83. The van der Waals surface area contributed by atoms with Gasteiger partial charge in [0.1, 0.15) is 0 Å². The lowest BCUT2D eigenvalue weighted by Crippen LogP contribution is -2.30. The molecule has 0 aliphatic rings. The Hall–Kier alpha value is -0.0300. The van der Waals surface area contributed by atoms with E-state index in [0.717, 1.165) is 13.1 Å². The number of nitrogens with one attached hydrogen (secondary N) is 1. The monoisotopic (exact) mass is 330 g/mol. The van der Waals surface area contributed by atoms with E-state index in [-0.39, 0.29) is 0 Å². The van der Waals surface area contributed by atoms with E-state index in [1.807, 2.05) is 18.8 Å². The molecule has 18 heavy (non-hydrogen) atoms. The van der Waals surface area contributed by atoms with Gasteiger partial charge in [-0.1, -0.05) is 28.1 Å². The molecule has 0 aliphatic heterocycles. The van der Waals surface area contributed by atoms with Crippen LogP contribution in [0.4, 0.5) is 0 Å². The number of nitrogens with zero attached hydrogens (tertiary/aromatic N) is 1. The minimum Gasteiger partial charge on any atom is -0.316 e. The minimum atomic E-state index is 0.601. The van der Waals surface area contributed by atoms with Gasteiger partial charge in [0.25, 0.3) is 0 Å². The molecule has 1 aromatic carbocycles. The summed E-state index contributed by atoms with van der Waals surface area (Å²) >= 11 is 5.57. The third-order valence-electron chi connectivity index (χ3n) is 3.08. The average Bonchev–Trinajstić information content (AvgIpc) is 2.33. The fraction of sp³-hybridized carbons (Fsp3) is 0.571. The molecule has 0 amide bonds. The second-order valence-corrected chi connectivity index (χ2v) is 6.44. The second-order valence-electron chi connectivity index (χ2n) is 4.68. The molecule has 1 unspecified atom stereocenters. The van der Waals surface area contributed by atoms with Crippen molar-refractivity contribution in [2.24, 2.45) is 0 Å². The average molecular weight is 331 g/mol. The quantitative estimate of drug-likeness (QED) is 0.825. The van der Waals surface area contributed by atoms with Gasteiger partial charge in [-0.2, -0.15) is 11.8 Å². The zero-order valence-electron chi connectivity index (χ0n) is 11.7. The van der Waals surface area contributed by atoms with Crippen LogP contribution in [0, 0.1) is 0 Å². The predicted octanol–water partition coefficient (Wildman–Crippen LogP) is 3.35. The molecule has 1 aromatic rings. The molecule has 0 fully saturated rings. The summed E-state index contributed by atoms with van der Waals surface area (Å²) in [6.45, 7) is 4.18. The van der Waals surface area contributed by atoms with Crippen molar-refractivity contribution in [3.8, 4) is 0 Å². The lowest BCUT2D eigenvalue weighted by atomic mass is 10.1. The summed E-state index contributed by atoms with van der Waals surface area (Å²) in [5, 5.41) is 3.17. The Balaban J connectivity index is 2.67. The van der Waals surface area contributed by atoms with Gasteiger partial charge in [0, 0.05) is 29.4 Å². The molecule has 0 aliphatic carbocycles. The van der Waals surface area contributed by atoms with Crippen LogP contribution in [0.3, 0.4) is 0 Å². The van der Waals surface area contributed by atoms with Crippen molar-refractivity contribution in [2.45, 2.75) is 26.1 Å². The highest BCUT2D eigenvalue weighted by molar-refractivity contribution is 9.10. The second kappa shape index (κ2) is 8.20. The number of halogens is 1. The Kier molecular flexibility index (Phi) is 7.30. The SMILES string of the molecule is CNCc1ccc(CN(C)C(C)CSC)c(Br)c1. The van der Waals surface area contributed by atoms with Crippen LogP contribution in [0.5, 0.6) is 0 Å². The molecular formula is C14H23BrN2S. The van der Waals surface area contributed by atoms with E-state index >= 15 is 0 Å². The molecule has 4 heteroatoms. The van der Waals surface area contributed by atoms with Gasteiger partial charge in [-0.25, -0.2) is 0 Å². The van der Waals surface area contributed by atoms with Crippen LogP contribution in [0.15, 0.2) is 22.7 Å². The maximum atomic E-state index is 3.67. The first-order chi connectivity index (χ1) is 8.58. The van der Waals surface area contributed by atoms with Gasteiger partial charge in [0.2, 0.25) is 0 Å². The van der Waals surface area contributed by atoms with Crippen LogP contribution in [0.2, 0.25) is 0 Å². The first-order valence-corrected chi connectivity index (χ1v) is 8.38. The standard InChI is InChI=1S/C14H23BrN2S/c1-11(10-18-4)17(3)9-13-6-5-12(8-16-2)7-14(13)15/h5-7,11,16H,8-10H2,1-4H3. The Morgan fingerprint density at radius 2 is 2.17 bits per heavy atom. The van der Waals surface area contributed by atoms with Crippen LogP contribution < -0.4 is 5.32 Å². The zero-order chi connectivity index (χ0) is 13.5. The van der Waals surface area contributed by atoms with Gasteiger partial charge in [0.05, 0.1) is 0 Å². The van der Waals surface area contributed by atoms with Crippen molar-refractivity contribution in [2.75, 3.05) is 26.1 Å². The van der Waals surface area contributed by atoms with Crippen LogP contribution in [-0.2, 0) is 13.1 Å². The van der Waals surface area contributed by atoms with E-state index in [1.165, 1.54) is 21.4 Å². The summed E-state index contributed by atoms with van der Waals surface area (Å²) in [5.41, 5.74) is 2.67. The van der Waals surface area contributed by atoms with Gasteiger partial charge in [0.15, 0.2) is 0 Å². The summed E-state index contributed by atoms with van der Waals surface area (Å²) in [6, 6.07) is 7.23. The van der Waals surface area contributed by atoms with Crippen LogP contribution in [0.1, 0.15) is 18.1 Å². The third kappa shape index (κ3) is 4.92. The van der Waals surface area contributed by atoms with E-state index < -0.39 is 0 Å². The molecule has 0 bridgehead atoms. The summed E-state index contributed by atoms with van der Waals surface area (Å²) in [4.78, 5) is 2.40. The molecule has 1 rings (SSSR count). The minimum absolute atomic E-state index is 0.601. The number of thioether (sulfide) groups is 1. The molecule has 0 saturated heterocycles. The van der Waals surface area contributed by atoms with Crippen LogP contribution in [-0.4, -0.2) is 37.0 Å². The van der Waals surface area contributed by atoms with Crippen LogP contribution >= 0.6 is 27.7 Å². The van der Waals surface area contributed by atoms with Crippen molar-refractivity contribution in [1.82, 2.24) is 10.2 Å². The van der Waals surface area contributed by atoms with Gasteiger partial charge in [-0.3, -0.25) is 4.90 Å². The van der Waals surface area contributed by atoms with Crippen LogP contribution in [0.25, 0.3) is 0 Å². The van der Waals surface area contributed by atoms with Gasteiger partial charge in [-0.15, -0.1) is 0 Å². The van der Waals surface area contributed by atoms with Gasteiger partial charge < -0.3 is 5.32 Å². The lowest BCUT2D eigenvalue weighted by Gasteiger charge is -2.24. The smallest absolute Gasteiger partial charge is 0.0245 e. The molecule has 0 spiro atoms. The first-order valence-electron chi connectivity index (χ1n) is 6.19. The molecule has 0 saturated carbocycles. The third-order valence-corrected chi connectivity index (χ3v) is 4.63. The maximum absolute atomic E-state index is 3.67. The Morgan fingerprint density at radius 1 is 1.44 bits per heavy atom. The Labute approximate surface area is 124 Å². The lowest BCUT2D eigenvalue weighted by molar-refractivity contribution is 0.269. The van der Waals surface area contributed by atoms with Crippen molar-refractivity contribution in [3.05, 3.63) is 33.8 Å². The summed E-state index contributed by atoms with van der Waals surface area (Å²) in [7, 11) is 4.16. The van der Waals surface area contributed by atoms with Crippen molar-refractivity contribution >= 4 is 27.7 Å². The molecule has 0 heterocycles. The molecule has 1 atom stereocenters. The van der Waals surface area contributed by atoms with Crippen molar-refractivity contribution in [3.63, 3.8) is 0 Å². The normalized spacial score (nSPS) is 13.0. The number of hydrogen-bond donors (Lipinski definition) is 1. The van der Waals surface area contributed by atoms with Gasteiger partial charge in [-0.05, 0) is 44.5 Å².